The lowest BCUT2D eigenvalue weighted by atomic mass is 9.94. The van der Waals surface area contributed by atoms with E-state index in [9.17, 15) is 8.42 Å². The Labute approximate surface area is 108 Å². The fourth-order valence-corrected chi connectivity index (χ4v) is 2.83. The van der Waals surface area contributed by atoms with Crippen LogP contribution in [0.15, 0.2) is 29.2 Å². The zero-order valence-corrected chi connectivity index (χ0v) is 11.3. The van der Waals surface area contributed by atoms with E-state index in [-0.39, 0.29) is 12.1 Å². The summed E-state index contributed by atoms with van der Waals surface area (Å²) in [5, 5.41) is 0. The molecule has 2 rings (SSSR count). The normalized spacial score (nSPS) is 24.8. The molecule has 5 heteroatoms. The van der Waals surface area contributed by atoms with Crippen LogP contribution in [0.25, 0.3) is 0 Å². The molecular weight excluding hydrogens is 250 g/mol. The topological polar surface area (TPSA) is 69.4 Å². The van der Waals surface area contributed by atoms with Gasteiger partial charge in [-0.05, 0) is 43.9 Å². The fourth-order valence-electron chi connectivity index (χ4n) is 2.18. The maximum absolute atomic E-state index is 11.4. The van der Waals surface area contributed by atoms with Crippen molar-refractivity contribution in [1.82, 2.24) is 0 Å². The quantitative estimate of drug-likeness (QED) is 0.907. The highest BCUT2D eigenvalue weighted by atomic mass is 32.2. The minimum atomic E-state index is -3.17. The number of rotatable bonds is 3. The molecule has 1 aliphatic rings. The number of ether oxygens (including phenoxy) is 1. The van der Waals surface area contributed by atoms with E-state index < -0.39 is 9.84 Å². The van der Waals surface area contributed by atoms with Crippen LogP contribution < -0.4 is 10.5 Å². The van der Waals surface area contributed by atoms with Crippen LogP contribution in [-0.2, 0) is 9.84 Å². The van der Waals surface area contributed by atoms with Gasteiger partial charge in [0.25, 0.3) is 0 Å². The first-order valence-corrected chi connectivity index (χ1v) is 8.06. The Hall–Kier alpha value is -1.07. The summed E-state index contributed by atoms with van der Waals surface area (Å²) in [6, 6.07) is 6.96. The third-order valence-corrected chi connectivity index (χ3v) is 4.37. The third-order valence-electron chi connectivity index (χ3n) is 3.26. The van der Waals surface area contributed by atoms with E-state index in [1.54, 1.807) is 24.3 Å². The molecule has 1 aromatic carbocycles. The number of hydrogen-bond donors (Lipinski definition) is 1. The predicted molar refractivity (Wildman–Crippen MR) is 70.4 cm³/mol. The minimum Gasteiger partial charge on any atom is -0.490 e. The van der Waals surface area contributed by atoms with Crippen molar-refractivity contribution in [3.63, 3.8) is 0 Å². The standard InChI is InChI=1S/C13H19NO3S/c1-18(15,16)13-4-2-3-12(9-13)17-11-7-5-10(14)6-8-11/h2-4,9-11H,5-8,14H2,1H3. The summed E-state index contributed by atoms with van der Waals surface area (Å²) in [6.45, 7) is 0. The van der Waals surface area contributed by atoms with Crippen molar-refractivity contribution in [2.75, 3.05) is 6.26 Å². The Kier molecular flexibility index (Phi) is 3.92. The van der Waals surface area contributed by atoms with Gasteiger partial charge in [0.05, 0.1) is 11.0 Å². The van der Waals surface area contributed by atoms with E-state index in [0.29, 0.717) is 10.6 Å². The lowest BCUT2D eigenvalue weighted by Crippen LogP contribution is -2.31. The summed E-state index contributed by atoms with van der Waals surface area (Å²) >= 11 is 0. The predicted octanol–water partition coefficient (Wildman–Crippen LogP) is 1.74. The summed E-state index contributed by atoms with van der Waals surface area (Å²) < 4.78 is 28.7. The zero-order valence-electron chi connectivity index (χ0n) is 10.5. The number of nitrogens with two attached hydrogens (primary N) is 1. The van der Waals surface area contributed by atoms with Crippen molar-refractivity contribution in [1.29, 1.82) is 0 Å². The van der Waals surface area contributed by atoms with Crippen molar-refractivity contribution in [2.24, 2.45) is 5.73 Å². The van der Waals surface area contributed by atoms with Crippen LogP contribution in [0.5, 0.6) is 5.75 Å². The van der Waals surface area contributed by atoms with Crippen molar-refractivity contribution in [3.8, 4) is 5.75 Å². The average Bonchev–Trinajstić information content (AvgIpc) is 2.31. The molecule has 0 bridgehead atoms. The number of hydrogen-bond acceptors (Lipinski definition) is 4. The average molecular weight is 269 g/mol. The molecule has 0 unspecified atom stereocenters. The highest BCUT2D eigenvalue weighted by Gasteiger charge is 2.20. The van der Waals surface area contributed by atoms with Crippen molar-refractivity contribution in [3.05, 3.63) is 24.3 Å². The third kappa shape index (κ3) is 3.46. The van der Waals surface area contributed by atoms with Gasteiger partial charge in [0.2, 0.25) is 0 Å². The van der Waals surface area contributed by atoms with Gasteiger partial charge in [0.15, 0.2) is 9.84 Å². The molecule has 0 atom stereocenters. The molecule has 1 fully saturated rings. The lowest BCUT2D eigenvalue weighted by molar-refractivity contribution is 0.147. The van der Waals surface area contributed by atoms with Gasteiger partial charge >= 0.3 is 0 Å². The van der Waals surface area contributed by atoms with Crippen LogP contribution in [-0.4, -0.2) is 26.8 Å². The number of benzene rings is 1. The van der Waals surface area contributed by atoms with Crippen molar-refractivity contribution in [2.45, 2.75) is 42.7 Å². The molecule has 1 aromatic rings. The highest BCUT2D eigenvalue weighted by molar-refractivity contribution is 7.90. The van der Waals surface area contributed by atoms with Gasteiger partial charge in [-0.15, -0.1) is 0 Å². The molecule has 0 amide bonds. The van der Waals surface area contributed by atoms with E-state index in [1.807, 2.05) is 0 Å². The second-order valence-corrected chi connectivity index (χ2v) is 6.92. The Morgan fingerprint density at radius 2 is 1.89 bits per heavy atom. The molecular formula is C13H19NO3S. The highest BCUT2D eigenvalue weighted by Crippen LogP contribution is 2.24. The first-order chi connectivity index (χ1) is 8.45. The molecule has 18 heavy (non-hydrogen) atoms. The number of sulfone groups is 1. The van der Waals surface area contributed by atoms with Gasteiger partial charge in [-0.25, -0.2) is 8.42 Å². The van der Waals surface area contributed by atoms with Crippen LogP contribution in [0, 0.1) is 0 Å². The minimum absolute atomic E-state index is 0.152. The van der Waals surface area contributed by atoms with E-state index in [0.717, 1.165) is 25.7 Å². The van der Waals surface area contributed by atoms with Gasteiger partial charge in [-0.3, -0.25) is 0 Å². The van der Waals surface area contributed by atoms with Crippen LogP contribution in [0.4, 0.5) is 0 Å². The summed E-state index contributed by atoms with van der Waals surface area (Å²) in [6.07, 6.45) is 5.16. The molecule has 1 aliphatic carbocycles. The van der Waals surface area contributed by atoms with Gasteiger partial charge in [0.1, 0.15) is 5.75 Å². The second-order valence-electron chi connectivity index (χ2n) is 4.90. The Morgan fingerprint density at radius 3 is 2.50 bits per heavy atom. The molecule has 1 saturated carbocycles. The smallest absolute Gasteiger partial charge is 0.175 e. The van der Waals surface area contributed by atoms with Gasteiger partial charge < -0.3 is 10.5 Å². The molecule has 0 radical (unpaired) electrons. The molecule has 100 valence electrons. The zero-order chi connectivity index (χ0) is 13.2. The first kappa shape index (κ1) is 13.4. The van der Waals surface area contributed by atoms with Crippen LogP contribution in [0.3, 0.4) is 0 Å². The summed E-state index contributed by atoms with van der Waals surface area (Å²) in [5.74, 6) is 0.624. The molecule has 0 aromatic heterocycles. The summed E-state index contributed by atoms with van der Waals surface area (Å²) in [5.41, 5.74) is 5.84. The summed E-state index contributed by atoms with van der Waals surface area (Å²) in [7, 11) is -3.17. The van der Waals surface area contributed by atoms with Crippen LogP contribution in [0.1, 0.15) is 25.7 Å². The van der Waals surface area contributed by atoms with Crippen molar-refractivity contribution < 1.29 is 13.2 Å². The molecule has 0 saturated heterocycles. The molecule has 4 nitrogen and oxygen atoms in total. The second kappa shape index (κ2) is 5.28. The van der Waals surface area contributed by atoms with E-state index in [2.05, 4.69) is 0 Å². The largest absolute Gasteiger partial charge is 0.490 e. The maximum Gasteiger partial charge on any atom is 0.175 e. The van der Waals surface area contributed by atoms with Gasteiger partial charge in [-0.2, -0.15) is 0 Å². The van der Waals surface area contributed by atoms with E-state index >= 15 is 0 Å². The van der Waals surface area contributed by atoms with E-state index in [4.69, 9.17) is 10.5 Å². The lowest BCUT2D eigenvalue weighted by Gasteiger charge is -2.26. The van der Waals surface area contributed by atoms with Crippen LogP contribution >= 0.6 is 0 Å². The van der Waals surface area contributed by atoms with Crippen LogP contribution in [0.2, 0.25) is 0 Å². The van der Waals surface area contributed by atoms with Gasteiger partial charge in [-0.1, -0.05) is 6.07 Å². The summed E-state index contributed by atoms with van der Waals surface area (Å²) in [4.78, 5) is 0.299. The Balaban J connectivity index is 2.06. The Bertz CT molecular complexity index is 505. The first-order valence-electron chi connectivity index (χ1n) is 6.17. The molecule has 2 N–H and O–H groups in total. The monoisotopic (exact) mass is 269 g/mol. The van der Waals surface area contributed by atoms with Crippen molar-refractivity contribution >= 4 is 9.84 Å². The fraction of sp³-hybridized carbons (Fsp3) is 0.538. The SMILES string of the molecule is CS(=O)(=O)c1cccc(OC2CCC(N)CC2)c1. The molecule has 0 heterocycles. The molecule has 0 spiro atoms. The molecule has 0 aliphatic heterocycles. The van der Waals surface area contributed by atoms with Gasteiger partial charge in [0, 0.05) is 12.3 Å². The van der Waals surface area contributed by atoms with E-state index in [1.165, 1.54) is 6.26 Å². The maximum atomic E-state index is 11.4. The Morgan fingerprint density at radius 1 is 1.22 bits per heavy atom.